The van der Waals surface area contributed by atoms with Crippen LogP contribution >= 0.6 is 0 Å². The van der Waals surface area contributed by atoms with Crippen LogP contribution in [0.1, 0.15) is 62.6 Å². The van der Waals surface area contributed by atoms with Crippen molar-refractivity contribution in [2.45, 2.75) is 70.8 Å². The third kappa shape index (κ3) is 1.80. The first-order valence-corrected chi connectivity index (χ1v) is 8.43. The van der Waals surface area contributed by atoms with Crippen LogP contribution in [0.5, 0.6) is 0 Å². The summed E-state index contributed by atoms with van der Waals surface area (Å²) in [6.45, 7) is 7.03. The van der Waals surface area contributed by atoms with E-state index >= 15 is 0 Å². The Morgan fingerprint density at radius 3 is 2.71 bits per heavy atom. The van der Waals surface area contributed by atoms with E-state index in [4.69, 9.17) is 0 Å². The van der Waals surface area contributed by atoms with Crippen LogP contribution in [0.15, 0.2) is 29.3 Å². The quantitative estimate of drug-likeness (QED) is 0.697. The number of aliphatic hydroxyl groups is 1. The fraction of sp³-hybridized carbons (Fsp3) is 0.600. The van der Waals surface area contributed by atoms with Gasteiger partial charge in [-0.2, -0.15) is 0 Å². The average molecular weight is 282 g/mol. The highest BCUT2D eigenvalue weighted by molar-refractivity contribution is 5.51. The molecule has 1 aromatic carbocycles. The summed E-state index contributed by atoms with van der Waals surface area (Å²) in [6.07, 6.45) is 6.63. The third-order valence-corrected chi connectivity index (χ3v) is 6.56. The Morgan fingerprint density at radius 2 is 1.90 bits per heavy atom. The van der Waals surface area contributed by atoms with E-state index in [9.17, 15) is 5.11 Å². The highest BCUT2D eigenvalue weighted by atomic mass is 16.3. The van der Waals surface area contributed by atoms with E-state index in [1.807, 2.05) is 0 Å². The molecule has 0 radical (unpaired) electrons. The Kier molecular flexibility index (Phi) is 2.73. The number of aryl methyl sites for hydroxylation is 2. The highest BCUT2D eigenvalue weighted by Crippen LogP contribution is 2.59. The van der Waals surface area contributed by atoms with Crippen molar-refractivity contribution in [3.63, 3.8) is 0 Å². The van der Waals surface area contributed by atoms with Crippen molar-refractivity contribution in [1.82, 2.24) is 0 Å². The van der Waals surface area contributed by atoms with Crippen LogP contribution in [-0.4, -0.2) is 11.2 Å². The first-order valence-electron chi connectivity index (χ1n) is 8.43. The molecule has 0 spiro atoms. The van der Waals surface area contributed by atoms with Crippen molar-refractivity contribution in [2.75, 3.05) is 0 Å². The van der Waals surface area contributed by atoms with Crippen molar-refractivity contribution in [1.29, 1.82) is 0 Å². The monoisotopic (exact) mass is 282 g/mol. The molecule has 21 heavy (non-hydrogen) atoms. The number of aliphatic hydroxyl groups excluding tert-OH is 1. The minimum Gasteiger partial charge on any atom is -0.393 e. The minimum absolute atomic E-state index is 0.112. The van der Waals surface area contributed by atoms with Gasteiger partial charge in [0.2, 0.25) is 0 Å². The molecular formula is C20H26O. The molecule has 0 bridgehead atoms. The van der Waals surface area contributed by atoms with E-state index in [0.717, 1.165) is 12.8 Å². The number of fused-ring (bicyclic) bond motifs is 4. The van der Waals surface area contributed by atoms with E-state index in [0.29, 0.717) is 0 Å². The van der Waals surface area contributed by atoms with Gasteiger partial charge in [-0.1, -0.05) is 48.8 Å². The molecule has 0 amide bonds. The Bertz CT molecular complexity index is 641. The maximum Gasteiger partial charge on any atom is 0.0585 e. The number of benzene rings is 1. The molecule has 1 nitrogen and oxygen atoms in total. The van der Waals surface area contributed by atoms with Crippen molar-refractivity contribution in [3.8, 4) is 0 Å². The lowest BCUT2D eigenvalue weighted by Gasteiger charge is -2.48. The molecule has 1 N–H and O–H groups in total. The molecule has 1 fully saturated rings. The van der Waals surface area contributed by atoms with Gasteiger partial charge in [0.25, 0.3) is 0 Å². The number of hydrogen-bond acceptors (Lipinski definition) is 1. The highest BCUT2D eigenvalue weighted by Gasteiger charge is 2.50. The Labute approximate surface area is 128 Å². The SMILES string of the molecule is Cc1ccc2c(c1)CCC1=C3C[C@@H](O)C[C@@]3(C)CC[C@]12C. The second-order valence-corrected chi connectivity index (χ2v) is 8.07. The number of hydrogen-bond donors (Lipinski definition) is 1. The smallest absolute Gasteiger partial charge is 0.0585 e. The summed E-state index contributed by atoms with van der Waals surface area (Å²) in [5.74, 6) is 0. The van der Waals surface area contributed by atoms with Crippen molar-refractivity contribution in [3.05, 3.63) is 46.0 Å². The van der Waals surface area contributed by atoms with Crippen LogP contribution in [0.25, 0.3) is 0 Å². The topological polar surface area (TPSA) is 20.2 Å². The van der Waals surface area contributed by atoms with Crippen molar-refractivity contribution < 1.29 is 5.11 Å². The second-order valence-electron chi connectivity index (χ2n) is 8.07. The lowest BCUT2D eigenvalue weighted by atomic mass is 9.56. The molecule has 0 aliphatic heterocycles. The van der Waals surface area contributed by atoms with Gasteiger partial charge >= 0.3 is 0 Å². The van der Waals surface area contributed by atoms with E-state index in [1.54, 1.807) is 22.3 Å². The summed E-state index contributed by atoms with van der Waals surface area (Å²) in [4.78, 5) is 0. The minimum atomic E-state index is -0.112. The number of allylic oxidation sites excluding steroid dienone is 1. The molecule has 1 heteroatoms. The Hall–Kier alpha value is -1.08. The standard InChI is InChI=1S/C20H26O/c1-13-4-6-16-14(10-13)5-7-17-18-11-15(21)12-19(18,2)8-9-20(16,17)3/h4,6,10,15,21H,5,7-9,11-12H2,1-3H3/t15-,19-,20+/m1/s1. The summed E-state index contributed by atoms with van der Waals surface area (Å²) < 4.78 is 0. The van der Waals surface area contributed by atoms with Gasteiger partial charge in [-0.15, -0.1) is 0 Å². The van der Waals surface area contributed by atoms with Gasteiger partial charge in [-0.05, 0) is 62.0 Å². The van der Waals surface area contributed by atoms with Gasteiger partial charge in [0, 0.05) is 5.41 Å². The fourth-order valence-corrected chi connectivity index (χ4v) is 5.40. The van der Waals surface area contributed by atoms with E-state index in [-0.39, 0.29) is 16.9 Å². The number of rotatable bonds is 0. The molecule has 112 valence electrons. The van der Waals surface area contributed by atoms with Gasteiger partial charge in [-0.25, -0.2) is 0 Å². The van der Waals surface area contributed by atoms with Crippen LogP contribution < -0.4 is 0 Å². The molecule has 4 rings (SSSR count). The van der Waals surface area contributed by atoms with E-state index < -0.39 is 0 Å². The van der Waals surface area contributed by atoms with Gasteiger partial charge in [0.05, 0.1) is 6.10 Å². The molecule has 3 atom stereocenters. The molecule has 0 saturated heterocycles. The summed E-state index contributed by atoms with van der Waals surface area (Å²) in [7, 11) is 0. The molecule has 0 heterocycles. The van der Waals surface area contributed by atoms with Crippen LogP contribution in [0.2, 0.25) is 0 Å². The van der Waals surface area contributed by atoms with Gasteiger partial charge in [-0.3, -0.25) is 0 Å². The van der Waals surface area contributed by atoms with Crippen molar-refractivity contribution >= 4 is 0 Å². The Morgan fingerprint density at radius 1 is 1.10 bits per heavy atom. The maximum atomic E-state index is 10.2. The molecule has 3 aliphatic rings. The summed E-state index contributed by atoms with van der Waals surface area (Å²) >= 11 is 0. The zero-order chi connectivity index (χ0) is 14.8. The fourth-order valence-electron chi connectivity index (χ4n) is 5.40. The molecule has 0 aromatic heterocycles. The summed E-state index contributed by atoms with van der Waals surface area (Å²) in [5.41, 5.74) is 8.27. The zero-order valence-corrected chi connectivity index (χ0v) is 13.5. The zero-order valence-electron chi connectivity index (χ0n) is 13.5. The van der Waals surface area contributed by atoms with Gasteiger partial charge < -0.3 is 5.11 Å². The molecule has 1 aromatic rings. The van der Waals surface area contributed by atoms with Gasteiger partial charge in [0.1, 0.15) is 0 Å². The largest absolute Gasteiger partial charge is 0.393 e. The summed E-state index contributed by atoms with van der Waals surface area (Å²) in [6, 6.07) is 7.03. The van der Waals surface area contributed by atoms with Crippen LogP contribution in [0.4, 0.5) is 0 Å². The van der Waals surface area contributed by atoms with E-state index in [2.05, 4.69) is 39.0 Å². The molecular weight excluding hydrogens is 256 g/mol. The maximum absolute atomic E-state index is 10.2. The predicted octanol–water partition coefficient (Wildman–Crippen LogP) is 4.45. The Balaban J connectivity index is 1.90. The lowest BCUT2D eigenvalue weighted by molar-refractivity contribution is 0.157. The predicted molar refractivity (Wildman–Crippen MR) is 86.5 cm³/mol. The van der Waals surface area contributed by atoms with Gasteiger partial charge in [0.15, 0.2) is 0 Å². The van der Waals surface area contributed by atoms with E-state index in [1.165, 1.54) is 31.2 Å². The van der Waals surface area contributed by atoms with Crippen molar-refractivity contribution in [2.24, 2.45) is 5.41 Å². The lowest BCUT2D eigenvalue weighted by Crippen LogP contribution is -2.38. The molecule has 3 aliphatic carbocycles. The third-order valence-electron chi connectivity index (χ3n) is 6.56. The second kappa shape index (κ2) is 4.23. The molecule has 0 unspecified atom stereocenters. The molecule has 1 saturated carbocycles. The summed E-state index contributed by atoms with van der Waals surface area (Å²) in [5, 5.41) is 10.2. The van der Waals surface area contributed by atoms with Crippen LogP contribution in [0, 0.1) is 12.3 Å². The van der Waals surface area contributed by atoms with Crippen LogP contribution in [-0.2, 0) is 11.8 Å². The van der Waals surface area contributed by atoms with Crippen LogP contribution in [0.3, 0.4) is 0 Å². The first kappa shape index (κ1) is 13.6. The normalized spacial score (nSPS) is 38.0. The average Bonchev–Trinajstić information content (AvgIpc) is 2.73. The first-order chi connectivity index (χ1) is 9.92.